The lowest BCUT2D eigenvalue weighted by atomic mass is 10.1. The van der Waals surface area contributed by atoms with E-state index in [0.29, 0.717) is 28.6 Å². The molecule has 0 bridgehead atoms. The molecule has 0 atom stereocenters. The second-order valence-electron chi connectivity index (χ2n) is 6.05. The largest absolute Gasteiger partial charge is 0.494 e. The third-order valence-electron chi connectivity index (χ3n) is 4.11. The first-order valence-corrected chi connectivity index (χ1v) is 9.90. The lowest BCUT2D eigenvalue weighted by Gasteiger charge is -2.15. The number of carbonyl (C=O) groups is 2. The first kappa shape index (κ1) is 20.1. The van der Waals surface area contributed by atoms with Crippen LogP contribution in [0, 0.1) is 11.6 Å². The van der Waals surface area contributed by atoms with Crippen molar-refractivity contribution in [2.24, 2.45) is 0 Å². The van der Waals surface area contributed by atoms with Gasteiger partial charge in [-0.25, -0.2) is 13.7 Å². The second kappa shape index (κ2) is 8.56. The van der Waals surface area contributed by atoms with Crippen molar-refractivity contribution in [3.05, 3.63) is 64.6 Å². The first-order chi connectivity index (χ1) is 13.5. The highest BCUT2D eigenvalue weighted by Crippen LogP contribution is 2.38. The van der Waals surface area contributed by atoms with E-state index in [1.165, 1.54) is 17.8 Å². The van der Waals surface area contributed by atoms with Crippen LogP contribution in [0.25, 0.3) is 5.57 Å². The third kappa shape index (κ3) is 3.80. The Morgan fingerprint density at radius 2 is 1.68 bits per heavy atom. The molecular weight excluding hydrogens is 384 g/mol. The number of benzene rings is 2. The van der Waals surface area contributed by atoms with Gasteiger partial charge in [-0.2, -0.15) is 0 Å². The summed E-state index contributed by atoms with van der Waals surface area (Å²) in [6, 6.07) is 9.88. The van der Waals surface area contributed by atoms with E-state index < -0.39 is 23.4 Å². The highest BCUT2D eigenvalue weighted by atomic mass is 32.2. The number of amides is 2. The molecule has 1 aliphatic rings. The zero-order valence-electron chi connectivity index (χ0n) is 15.5. The van der Waals surface area contributed by atoms with Crippen molar-refractivity contribution in [2.45, 2.75) is 20.3 Å². The summed E-state index contributed by atoms with van der Waals surface area (Å²) in [6.07, 6.45) is 0.875. The molecule has 3 rings (SSSR count). The Kier molecular flexibility index (Phi) is 6.14. The topological polar surface area (TPSA) is 46.6 Å². The Bertz CT molecular complexity index is 941. The molecule has 146 valence electrons. The second-order valence-corrected chi connectivity index (χ2v) is 7.33. The van der Waals surface area contributed by atoms with Crippen LogP contribution in [0.5, 0.6) is 5.75 Å². The molecule has 2 amide bonds. The van der Waals surface area contributed by atoms with Gasteiger partial charge in [-0.3, -0.25) is 9.59 Å². The van der Waals surface area contributed by atoms with Crippen molar-refractivity contribution in [3.8, 4) is 5.75 Å². The van der Waals surface area contributed by atoms with Gasteiger partial charge in [0.15, 0.2) is 11.6 Å². The number of hydrogen-bond donors (Lipinski definition) is 0. The Balaban J connectivity index is 1.99. The molecule has 0 fully saturated rings. The average molecular weight is 403 g/mol. The number of nitrogens with zero attached hydrogens (tertiary/aromatic N) is 1. The zero-order chi connectivity index (χ0) is 20.3. The predicted molar refractivity (Wildman–Crippen MR) is 106 cm³/mol. The van der Waals surface area contributed by atoms with Gasteiger partial charge in [-0.15, -0.1) is 11.8 Å². The summed E-state index contributed by atoms with van der Waals surface area (Å²) in [4.78, 5) is 27.1. The SMILES string of the molecule is CCCOc1ccc(C2=C(SCC)C(=O)N(c3ccc(F)c(F)c3)C2=O)cc1. The maximum Gasteiger partial charge on any atom is 0.272 e. The van der Waals surface area contributed by atoms with Crippen LogP contribution in [0.3, 0.4) is 0 Å². The fourth-order valence-electron chi connectivity index (χ4n) is 2.84. The molecule has 2 aromatic rings. The fourth-order valence-corrected chi connectivity index (χ4v) is 3.69. The minimum Gasteiger partial charge on any atom is -0.494 e. The van der Waals surface area contributed by atoms with Gasteiger partial charge in [0.25, 0.3) is 11.8 Å². The highest BCUT2D eigenvalue weighted by molar-refractivity contribution is 8.04. The molecule has 1 aliphatic heterocycles. The van der Waals surface area contributed by atoms with E-state index in [9.17, 15) is 18.4 Å². The van der Waals surface area contributed by atoms with Gasteiger partial charge in [0.1, 0.15) is 5.75 Å². The molecule has 28 heavy (non-hydrogen) atoms. The molecule has 0 saturated carbocycles. The van der Waals surface area contributed by atoms with Crippen LogP contribution in [0.1, 0.15) is 25.8 Å². The van der Waals surface area contributed by atoms with Gasteiger partial charge in [0.2, 0.25) is 0 Å². The van der Waals surface area contributed by atoms with Crippen LogP contribution in [-0.2, 0) is 9.59 Å². The summed E-state index contributed by atoms with van der Waals surface area (Å²) < 4.78 is 32.4. The fraction of sp³-hybridized carbons (Fsp3) is 0.238. The van der Waals surface area contributed by atoms with Crippen molar-refractivity contribution < 1.29 is 23.1 Å². The lowest BCUT2D eigenvalue weighted by molar-refractivity contribution is -0.119. The van der Waals surface area contributed by atoms with Crippen molar-refractivity contribution in [1.82, 2.24) is 0 Å². The van der Waals surface area contributed by atoms with Gasteiger partial charge < -0.3 is 4.74 Å². The molecule has 7 heteroatoms. The summed E-state index contributed by atoms with van der Waals surface area (Å²) >= 11 is 1.25. The molecule has 0 aliphatic carbocycles. The number of hydrogen-bond acceptors (Lipinski definition) is 4. The van der Waals surface area contributed by atoms with Crippen molar-refractivity contribution in [1.29, 1.82) is 0 Å². The molecule has 0 spiro atoms. The average Bonchev–Trinajstić information content (AvgIpc) is 2.93. The lowest BCUT2D eigenvalue weighted by Crippen LogP contribution is -2.31. The number of halogens is 2. The van der Waals surface area contributed by atoms with Gasteiger partial charge in [0.05, 0.1) is 22.8 Å². The van der Waals surface area contributed by atoms with Gasteiger partial charge >= 0.3 is 0 Å². The first-order valence-electron chi connectivity index (χ1n) is 8.92. The molecule has 0 radical (unpaired) electrons. The molecule has 0 unspecified atom stereocenters. The Hall–Kier alpha value is -2.67. The third-order valence-corrected chi connectivity index (χ3v) is 5.06. The zero-order valence-corrected chi connectivity index (χ0v) is 16.3. The number of ether oxygens (including phenoxy) is 1. The minimum atomic E-state index is -1.12. The smallest absolute Gasteiger partial charge is 0.272 e. The van der Waals surface area contributed by atoms with Crippen LogP contribution in [0.2, 0.25) is 0 Å². The van der Waals surface area contributed by atoms with E-state index in [1.54, 1.807) is 24.3 Å². The maximum absolute atomic E-state index is 13.6. The number of imide groups is 1. The predicted octanol–water partition coefficient (Wildman–Crippen LogP) is 4.79. The van der Waals surface area contributed by atoms with E-state index in [0.717, 1.165) is 23.5 Å². The molecule has 2 aromatic carbocycles. The number of carbonyl (C=O) groups excluding carboxylic acids is 2. The summed E-state index contributed by atoms with van der Waals surface area (Å²) in [5.41, 5.74) is 0.827. The van der Waals surface area contributed by atoms with Crippen molar-refractivity contribution >= 4 is 34.8 Å². The summed E-state index contributed by atoms with van der Waals surface area (Å²) in [5, 5.41) is 0. The van der Waals surface area contributed by atoms with Gasteiger partial charge in [-0.05, 0) is 42.0 Å². The number of rotatable bonds is 7. The van der Waals surface area contributed by atoms with E-state index >= 15 is 0 Å². The highest BCUT2D eigenvalue weighted by Gasteiger charge is 2.40. The van der Waals surface area contributed by atoms with Crippen LogP contribution in [0.4, 0.5) is 14.5 Å². The molecule has 0 saturated heterocycles. The summed E-state index contributed by atoms with van der Waals surface area (Å²) in [7, 11) is 0. The maximum atomic E-state index is 13.6. The molecule has 4 nitrogen and oxygen atoms in total. The van der Waals surface area contributed by atoms with Crippen molar-refractivity contribution in [2.75, 3.05) is 17.3 Å². The van der Waals surface area contributed by atoms with E-state index in [4.69, 9.17) is 4.74 Å². The molecule has 0 aromatic heterocycles. The Morgan fingerprint density at radius 1 is 0.964 bits per heavy atom. The monoisotopic (exact) mass is 403 g/mol. The van der Waals surface area contributed by atoms with Gasteiger partial charge in [0, 0.05) is 6.07 Å². The summed E-state index contributed by atoms with van der Waals surface area (Å²) in [5.74, 6) is -2.00. The molecular formula is C21H19F2NO3S. The van der Waals surface area contributed by atoms with Gasteiger partial charge in [-0.1, -0.05) is 26.0 Å². The van der Waals surface area contributed by atoms with E-state index in [-0.39, 0.29) is 11.3 Å². The van der Waals surface area contributed by atoms with Crippen LogP contribution >= 0.6 is 11.8 Å². The van der Waals surface area contributed by atoms with Crippen molar-refractivity contribution in [3.63, 3.8) is 0 Å². The quantitative estimate of drug-likeness (QED) is 0.624. The van der Waals surface area contributed by atoms with E-state index in [1.807, 2.05) is 13.8 Å². The molecule has 1 heterocycles. The van der Waals surface area contributed by atoms with E-state index in [2.05, 4.69) is 0 Å². The molecule has 0 N–H and O–H groups in total. The number of thioether (sulfide) groups is 1. The standard InChI is InChI=1S/C21H19F2NO3S/c1-3-11-27-15-8-5-13(6-9-15)18-19(28-4-2)21(26)24(20(18)25)14-7-10-16(22)17(23)12-14/h5-10,12H,3-4,11H2,1-2H3. The van der Waals surface area contributed by atoms with Crippen LogP contribution in [0.15, 0.2) is 47.4 Å². The minimum absolute atomic E-state index is 0.000928. The normalized spacial score (nSPS) is 14.2. The Morgan fingerprint density at radius 3 is 2.29 bits per heavy atom. The summed E-state index contributed by atoms with van der Waals surface area (Å²) in [6.45, 7) is 4.46. The number of anilines is 1. The van der Waals surface area contributed by atoms with Crippen LogP contribution in [-0.4, -0.2) is 24.2 Å². The van der Waals surface area contributed by atoms with Crippen LogP contribution < -0.4 is 9.64 Å². The Labute approximate surface area is 166 Å².